The largest absolute Gasteiger partial charge is 0.396 e. The highest BCUT2D eigenvalue weighted by molar-refractivity contribution is 5.92. The van der Waals surface area contributed by atoms with Crippen LogP contribution < -0.4 is 11.2 Å². The van der Waals surface area contributed by atoms with Gasteiger partial charge >= 0.3 is 5.69 Å². The highest BCUT2D eigenvalue weighted by atomic mass is 16.5. The summed E-state index contributed by atoms with van der Waals surface area (Å²) in [6.07, 6.45) is 0.316. The molecule has 2 saturated heterocycles. The van der Waals surface area contributed by atoms with E-state index in [1.165, 1.54) is 24.7 Å². The standard InChI is InChI=1S/C19H30N4O5/c1-12-6-22(7-13(2)28-12)8-14-9-23(10-15(14)11-24)18(26)16-5-17(25)21(4)19(27)20(16)3/h5,12-15,24H,6-11H2,1-4H3/t12-,13+,14-,15-/m1/s1. The van der Waals surface area contributed by atoms with E-state index in [-0.39, 0.29) is 42.3 Å². The minimum absolute atomic E-state index is 0.000615. The zero-order valence-electron chi connectivity index (χ0n) is 17.0. The van der Waals surface area contributed by atoms with E-state index in [1.807, 2.05) is 13.8 Å². The summed E-state index contributed by atoms with van der Waals surface area (Å²) in [5.74, 6) is -0.238. The number of hydrogen-bond donors (Lipinski definition) is 1. The van der Waals surface area contributed by atoms with E-state index >= 15 is 0 Å². The van der Waals surface area contributed by atoms with Crippen molar-refractivity contribution < 1.29 is 14.6 Å². The fourth-order valence-electron chi connectivity index (χ4n) is 4.38. The summed E-state index contributed by atoms with van der Waals surface area (Å²) in [5, 5.41) is 9.83. The summed E-state index contributed by atoms with van der Waals surface area (Å²) < 4.78 is 7.95. The Morgan fingerprint density at radius 3 is 2.29 bits per heavy atom. The molecular weight excluding hydrogens is 364 g/mol. The summed E-state index contributed by atoms with van der Waals surface area (Å²) in [7, 11) is 2.87. The first-order valence-corrected chi connectivity index (χ1v) is 9.76. The lowest BCUT2D eigenvalue weighted by molar-refractivity contribution is -0.0726. The van der Waals surface area contributed by atoms with Gasteiger partial charge in [-0.15, -0.1) is 0 Å². The number of carbonyl (C=O) groups excluding carboxylic acids is 1. The first kappa shape index (κ1) is 20.8. The smallest absolute Gasteiger partial charge is 0.331 e. The van der Waals surface area contributed by atoms with E-state index < -0.39 is 11.2 Å². The van der Waals surface area contributed by atoms with Gasteiger partial charge < -0.3 is 14.7 Å². The molecule has 1 N–H and O–H groups in total. The summed E-state index contributed by atoms with van der Waals surface area (Å²) in [4.78, 5) is 41.1. The first-order chi connectivity index (χ1) is 13.2. The molecule has 2 aliphatic heterocycles. The number of carbonyl (C=O) groups is 1. The molecule has 2 aliphatic rings. The van der Waals surface area contributed by atoms with Crippen LogP contribution in [0.4, 0.5) is 0 Å². The van der Waals surface area contributed by atoms with Gasteiger partial charge in [0, 0.05) is 65.4 Å². The minimum atomic E-state index is -0.526. The number of nitrogens with zero attached hydrogens (tertiary/aromatic N) is 4. The molecule has 4 atom stereocenters. The molecule has 0 bridgehead atoms. The molecule has 1 amide bonds. The van der Waals surface area contributed by atoms with Crippen LogP contribution in [0.5, 0.6) is 0 Å². The Morgan fingerprint density at radius 1 is 1.07 bits per heavy atom. The molecule has 3 rings (SSSR count). The molecule has 28 heavy (non-hydrogen) atoms. The normalized spacial score (nSPS) is 28.7. The monoisotopic (exact) mass is 394 g/mol. The Balaban J connectivity index is 1.75. The molecule has 0 saturated carbocycles. The van der Waals surface area contributed by atoms with Crippen molar-refractivity contribution in [2.45, 2.75) is 26.1 Å². The number of amides is 1. The van der Waals surface area contributed by atoms with E-state index in [0.717, 1.165) is 24.2 Å². The molecule has 2 fully saturated rings. The number of morpholine rings is 1. The zero-order valence-corrected chi connectivity index (χ0v) is 17.0. The van der Waals surface area contributed by atoms with E-state index in [2.05, 4.69) is 4.90 Å². The van der Waals surface area contributed by atoms with Gasteiger partial charge in [0.15, 0.2) is 0 Å². The topological polar surface area (TPSA) is 97.0 Å². The van der Waals surface area contributed by atoms with E-state index in [4.69, 9.17) is 4.74 Å². The third-order valence-electron chi connectivity index (χ3n) is 5.83. The highest BCUT2D eigenvalue weighted by Gasteiger charge is 2.37. The Labute approximate surface area is 164 Å². The molecule has 0 radical (unpaired) electrons. The van der Waals surface area contributed by atoms with Gasteiger partial charge in [0.1, 0.15) is 5.69 Å². The lowest BCUT2D eigenvalue weighted by Crippen LogP contribution is -2.48. The molecule has 0 spiro atoms. The van der Waals surface area contributed by atoms with E-state index in [9.17, 15) is 19.5 Å². The molecule has 9 heteroatoms. The van der Waals surface area contributed by atoms with Crippen LogP contribution in [-0.4, -0.2) is 81.5 Å². The second-order valence-electron chi connectivity index (χ2n) is 8.16. The second kappa shape index (κ2) is 8.18. The van der Waals surface area contributed by atoms with Crippen molar-refractivity contribution in [2.75, 3.05) is 39.3 Å². The maximum Gasteiger partial charge on any atom is 0.331 e. The molecular formula is C19H30N4O5. The van der Waals surface area contributed by atoms with Gasteiger partial charge in [-0.25, -0.2) is 4.79 Å². The minimum Gasteiger partial charge on any atom is -0.396 e. The molecule has 0 aliphatic carbocycles. The number of hydrogen-bond acceptors (Lipinski definition) is 6. The van der Waals surface area contributed by atoms with Crippen molar-refractivity contribution in [1.29, 1.82) is 0 Å². The number of rotatable bonds is 4. The molecule has 0 unspecified atom stereocenters. The lowest BCUT2D eigenvalue weighted by Gasteiger charge is -2.37. The van der Waals surface area contributed by atoms with Crippen molar-refractivity contribution in [3.8, 4) is 0 Å². The van der Waals surface area contributed by atoms with Gasteiger partial charge in [-0.1, -0.05) is 0 Å². The Kier molecular flexibility index (Phi) is 6.07. The average Bonchev–Trinajstić information content (AvgIpc) is 3.04. The van der Waals surface area contributed by atoms with Crippen LogP contribution in [0.2, 0.25) is 0 Å². The molecule has 0 aromatic carbocycles. The van der Waals surface area contributed by atoms with Gasteiger partial charge in [0.2, 0.25) is 0 Å². The van der Waals surface area contributed by atoms with Crippen LogP contribution in [-0.2, 0) is 18.8 Å². The third kappa shape index (κ3) is 4.06. The number of aliphatic hydroxyl groups is 1. The maximum absolute atomic E-state index is 13.0. The quantitative estimate of drug-likeness (QED) is 0.695. The van der Waals surface area contributed by atoms with Gasteiger partial charge in [-0.3, -0.25) is 23.6 Å². The predicted octanol–water partition coefficient (Wildman–Crippen LogP) is -1.13. The SMILES string of the molecule is C[C@@H]1CN(C[C@@H]2CN(C(=O)c3cc(=O)n(C)c(=O)n3C)C[C@@H]2CO)C[C@H](C)O1. The molecule has 9 nitrogen and oxygen atoms in total. The fraction of sp³-hybridized carbons (Fsp3) is 0.737. The molecule has 156 valence electrons. The first-order valence-electron chi connectivity index (χ1n) is 9.76. The van der Waals surface area contributed by atoms with Gasteiger partial charge in [-0.2, -0.15) is 0 Å². The fourth-order valence-corrected chi connectivity index (χ4v) is 4.38. The summed E-state index contributed by atoms with van der Waals surface area (Å²) in [6, 6.07) is 1.20. The second-order valence-corrected chi connectivity index (χ2v) is 8.16. The number of aliphatic hydroxyl groups excluding tert-OH is 1. The average molecular weight is 394 g/mol. The highest BCUT2D eigenvalue weighted by Crippen LogP contribution is 2.26. The summed E-state index contributed by atoms with van der Waals surface area (Å²) in [6.45, 7) is 7.45. The maximum atomic E-state index is 13.0. The number of likely N-dealkylation sites (tertiary alicyclic amines) is 1. The Morgan fingerprint density at radius 2 is 1.68 bits per heavy atom. The van der Waals surface area contributed by atoms with Crippen LogP contribution in [0, 0.1) is 11.8 Å². The zero-order chi connectivity index (χ0) is 20.6. The van der Waals surface area contributed by atoms with Crippen molar-refractivity contribution >= 4 is 5.91 Å². The summed E-state index contributed by atoms with van der Waals surface area (Å²) >= 11 is 0. The Bertz CT molecular complexity index is 838. The van der Waals surface area contributed by atoms with Crippen molar-refractivity contribution in [2.24, 2.45) is 25.9 Å². The summed E-state index contributed by atoms with van der Waals surface area (Å²) in [5.41, 5.74) is -0.946. The van der Waals surface area contributed by atoms with Gasteiger partial charge in [0.05, 0.1) is 12.2 Å². The van der Waals surface area contributed by atoms with Crippen molar-refractivity contribution in [1.82, 2.24) is 18.9 Å². The predicted molar refractivity (Wildman–Crippen MR) is 103 cm³/mol. The van der Waals surface area contributed by atoms with Crippen molar-refractivity contribution in [3.05, 3.63) is 32.6 Å². The van der Waals surface area contributed by atoms with Crippen LogP contribution in [0.1, 0.15) is 24.3 Å². The van der Waals surface area contributed by atoms with E-state index in [0.29, 0.717) is 13.1 Å². The van der Waals surface area contributed by atoms with Gasteiger partial charge in [0.25, 0.3) is 11.5 Å². The van der Waals surface area contributed by atoms with E-state index in [1.54, 1.807) is 4.90 Å². The molecule has 1 aromatic heterocycles. The molecule has 3 heterocycles. The third-order valence-corrected chi connectivity index (χ3v) is 5.83. The van der Waals surface area contributed by atoms with Crippen LogP contribution in [0.25, 0.3) is 0 Å². The van der Waals surface area contributed by atoms with Crippen LogP contribution in [0.15, 0.2) is 15.7 Å². The molecule has 1 aromatic rings. The van der Waals surface area contributed by atoms with Crippen LogP contribution >= 0.6 is 0 Å². The Hall–Kier alpha value is -1.97. The number of ether oxygens (including phenoxy) is 1. The number of aromatic nitrogens is 2. The van der Waals surface area contributed by atoms with Gasteiger partial charge in [-0.05, 0) is 19.8 Å². The van der Waals surface area contributed by atoms with Crippen molar-refractivity contribution in [3.63, 3.8) is 0 Å². The van der Waals surface area contributed by atoms with Crippen LogP contribution in [0.3, 0.4) is 0 Å². The lowest BCUT2D eigenvalue weighted by atomic mass is 9.96.